The second kappa shape index (κ2) is 7.14. The molecule has 0 saturated heterocycles. The standard InChI is InChI=1S/C9H14O2/c1-2-3-4-5-6-7-8-9(10)11/h2-6H2,1H3,(H,10,11)/i9+1. The molecule has 0 amide bonds. The number of carboxylic acid groups (broad SMARTS) is 1. The van der Waals surface area contributed by atoms with Crippen molar-refractivity contribution in [2.24, 2.45) is 0 Å². The van der Waals surface area contributed by atoms with E-state index in [-0.39, 0.29) is 0 Å². The molecule has 0 radical (unpaired) electrons. The van der Waals surface area contributed by atoms with Gasteiger partial charge in [0.1, 0.15) is 0 Å². The van der Waals surface area contributed by atoms with Crippen molar-refractivity contribution in [3.63, 3.8) is 0 Å². The topological polar surface area (TPSA) is 37.3 Å². The van der Waals surface area contributed by atoms with Crippen LogP contribution in [0.5, 0.6) is 0 Å². The van der Waals surface area contributed by atoms with Crippen LogP contribution in [0.3, 0.4) is 0 Å². The van der Waals surface area contributed by atoms with Gasteiger partial charge in [-0.1, -0.05) is 32.1 Å². The van der Waals surface area contributed by atoms with E-state index in [1.165, 1.54) is 12.8 Å². The lowest BCUT2D eigenvalue weighted by atomic mass is 10.2. The lowest BCUT2D eigenvalue weighted by molar-refractivity contribution is -0.130. The lowest BCUT2D eigenvalue weighted by Gasteiger charge is -1.91. The van der Waals surface area contributed by atoms with Crippen LogP contribution in [0.25, 0.3) is 0 Å². The summed E-state index contributed by atoms with van der Waals surface area (Å²) in [6.07, 6.45) is 5.31. The van der Waals surface area contributed by atoms with E-state index >= 15 is 0 Å². The fourth-order valence-corrected chi connectivity index (χ4v) is 0.778. The molecule has 0 heterocycles. The van der Waals surface area contributed by atoms with Gasteiger partial charge in [0.2, 0.25) is 0 Å². The van der Waals surface area contributed by atoms with Gasteiger partial charge in [-0.05, 0) is 6.42 Å². The molecule has 0 saturated carbocycles. The molecule has 0 aliphatic carbocycles. The number of carbonyl (C=O) groups is 1. The molecule has 0 rings (SSSR count). The molecule has 0 aliphatic rings. The molecule has 0 fully saturated rings. The normalized spacial score (nSPS) is 8.45. The summed E-state index contributed by atoms with van der Waals surface area (Å²) in [5.41, 5.74) is 0. The molecule has 0 bridgehead atoms. The van der Waals surface area contributed by atoms with E-state index in [2.05, 4.69) is 18.8 Å². The van der Waals surface area contributed by atoms with Crippen molar-refractivity contribution < 1.29 is 9.90 Å². The molecule has 1 N–H and O–H groups in total. The Balaban J connectivity index is 3.15. The predicted octanol–water partition coefficient (Wildman–Crippen LogP) is 2.04. The van der Waals surface area contributed by atoms with Gasteiger partial charge in [0.15, 0.2) is 0 Å². The van der Waals surface area contributed by atoms with Gasteiger partial charge in [0.25, 0.3) is 0 Å². The van der Waals surface area contributed by atoms with E-state index in [1.807, 2.05) is 0 Å². The highest BCUT2D eigenvalue weighted by atomic mass is 16.5. The van der Waals surface area contributed by atoms with Gasteiger partial charge in [0, 0.05) is 12.3 Å². The number of unbranched alkanes of at least 4 members (excludes halogenated alkanes) is 4. The zero-order valence-corrected chi connectivity index (χ0v) is 6.89. The van der Waals surface area contributed by atoms with Crippen LogP contribution in [0.15, 0.2) is 0 Å². The Bertz CT molecular complexity index is 162. The largest absolute Gasteiger partial charge is 0.472 e. The van der Waals surface area contributed by atoms with E-state index in [9.17, 15) is 4.79 Å². The fourth-order valence-electron chi connectivity index (χ4n) is 0.778. The first kappa shape index (κ1) is 10.0. The second-order valence-electron chi connectivity index (χ2n) is 2.42. The predicted molar refractivity (Wildman–Crippen MR) is 44.2 cm³/mol. The SMILES string of the molecule is CCCCCCC#C[13C](=O)O. The van der Waals surface area contributed by atoms with Crippen molar-refractivity contribution >= 4 is 5.97 Å². The third-order valence-electron chi connectivity index (χ3n) is 1.35. The van der Waals surface area contributed by atoms with Crippen LogP contribution >= 0.6 is 0 Å². The average Bonchev–Trinajstić information content (AvgIpc) is 1.96. The highest BCUT2D eigenvalue weighted by Gasteiger charge is 1.85. The Hall–Kier alpha value is -0.970. The van der Waals surface area contributed by atoms with Crippen molar-refractivity contribution in [3.05, 3.63) is 0 Å². The van der Waals surface area contributed by atoms with Gasteiger partial charge in [-0.15, -0.1) is 0 Å². The van der Waals surface area contributed by atoms with E-state index in [0.717, 1.165) is 12.8 Å². The highest BCUT2D eigenvalue weighted by molar-refractivity contribution is 5.86. The molecular weight excluding hydrogens is 141 g/mol. The average molecular weight is 155 g/mol. The molecule has 0 aromatic heterocycles. The zero-order valence-electron chi connectivity index (χ0n) is 6.89. The molecule has 0 atom stereocenters. The van der Waals surface area contributed by atoms with E-state index < -0.39 is 5.97 Å². The Morgan fingerprint density at radius 3 is 2.64 bits per heavy atom. The second-order valence-corrected chi connectivity index (χ2v) is 2.42. The van der Waals surface area contributed by atoms with Crippen LogP contribution < -0.4 is 0 Å². The summed E-state index contributed by atoms with van der Waals surface area (Å²) in [7, 11) is 0. The van der Waals surface area contributed by atoms with Gasteiger partial charge in [-0.3, -0.25) is 0 Å². The minimum atomic E-state index is -1.03. The number of hydrogen-bond acceptors (Lipinski definition) is 1. The van der Waals surface area contributed by atoms with Gasteiger partial charge >= 0.3 is 5.97 Å². The van der Waals surface area contributed by atoms with Crippen LogP contribution in [0.1, 0.15) is 39.0 Å². The maximum atomic E-state index is 9.91. The number of rotatable bonds is 4. The smallest absolute Gasteiger partial charge is 0.381 e. The molecule has 0 spiro atoms. The molecule has 0 aromatic rings. The molecule has 11 heavy (non-hydrogen) atoms. The van der Waals surface area contributed by atoms with E-state index in [4.69, 9.17) is 5.11 Å². The molecule has 0 unspecified atom stereocenters. The van der Waals surface area contributed by atoms with E-state index in [1.54, 1.807) is 0 Å². The molecule has 0 aromatic carbocycles. The molecule has 2 nitrogen and oxygen atoms in total. The van der Waals surface area contributed by atoms with Crippen molar-refractivity contribution in [3.8, 4) is 11.8 Å². The third kappa shape index (κ3) is 9.03. The van der Waals surface area contributed by atoms with Crippen LogP contribution in [0.2, 0.25) is 0 Å². The minimum absolute atomic E-state index is 0.715. The number of hydrogen-bond donors (Lipinski definition) is 1. The Morgan fingerprint density at radius 2 is 2.09 bits per heavy atom. The molecule has 2 heteroatoms. The lowest BCUT2D eigenvalue weighted by Crippen LogP contribution is -1.86. The van der Waals surface area contributed by atoms with Gasteiger partial charge < -0.3 is 5.11 Å². The van der Waals surface area contributed by atoms with Crippen LogP contribution in [-0.2, 0) is 4.79 Å². The summed E-state index contributed by atoms with van der Waals surface area (Å²) < 4.78 is 0. The van der Waals surface area contributed by atoms with Crippen LogP contribution in [0, 0.1) is 11.8 Å². The Kier molecular flexibility index (Phi) is 6.51. The fraction of sp³-hybridized carbons (Fsp3) is 0.667. The Labute approximate surface area is 67.6 Å². The quantitative estimate of drug-likeness (QED) is 0.383. The van der Waals surface area contributed by atoms with Crippen molar-refractivity contribution in [1.29, 1.82) is 0 Å². The molecule has 0 aliphatic heterocycles. The minimum Gasteiger partial charge on any atom is -0.472 e. The van der Waals surface area contributed by atoms with Crippen molar-refractivity contribution in [2.75, 3.05) is 0 Å². The molecule has 62 valence electrons. The summed E-state index contributed by atoms with van der Waals surface area (Å²) in [4.78, 5) is 9.91. The maximum absolute atomic E-state index is 9.91. The summed E-state index contributed by atoms with van der Waals surface area (Å²) in [6, 6.07) is 0. The zero-order chi connectivity index (χ0) is 8.53. The summed E-state index contributed by atoms with van der Waals surface area (Å²) in [5.74, 6) is 3.66. The monoisotopic (exact) mass is 155 g/mol. The first-order valence-corrected chi connectivity index (χ1v) is 3.99. The van der Waals surface area contributed by atoms with Crippen LogP contribution in [0.4, 0.5) is 0 Å². The summed E-state index contributed by atoms with van der Waals surface area (Å²) in [6.45, 7) is 2.14. The van der Waals surface area contributed by atoms with Gasteiger partial charge in [0.05, 0.1) is 0 Å². The molecular formula is C9H14O2. The Morgan fingerprint density at radius 1 is 1.36 bits per heavy atom. The van der Waals surface area contributed by atoms with Gasteiger partial charge in [-0.25, -0.2) is 4.79 Å². The van der Waals surface area contributed by atoms with Crippen molar-refractivity contribution in [2.45, 2.75) is 39.0 Å². The highest BCUT2D eigenvalue weighted by Crippen LogP contribution is 2.00. The summed E-state index contributed by atoms with van der Waals surface area (Å²) in [5, 5.41) is 8.14. The van der Waals surface area contributed by atoms with Gasteiger partial charge in [-0.2, -0.15) is 0 Å². The first-order chi connectivity index (χ1) is 5.27. The maximum Gasteiger partial charge on any atom is 0.381 e. The summed E-state index contributed by atoms with van der Waals surface area (Å²) >= 11 is 0. The van der Waals surface area contributed by atoms with Crippen molar-refractivity contribution in [1.82, 2.24) is 0 Å². The van der Waals surface area contributed by atoms with E-state index in [0.29, 0.717) is 6.42 Å². The first-order valence-electron chi connectivity index (χ1n) is 3.99. The van der Waals surface area contributed by atoms with Crippen LogP contribution in [-0.4, -0.2) is 11.1 Å². The number of aliphatic carboxylic acids is 1. The number of carboxylic acids is 1. The third-order valence-corrected chi connectivity index (χ3v) is 1.35.